The quantitative estimate of drug-likeness (QED) is 0.619. The van der Waals surface area contributed by atoms with Gasteiger partial charge >= 0.3 is 0 Å². The highest BCUT2D eigenvalue weighted by atomic mass is 16.3. The first-order valence-corrected chi connectivity index (χ1v) is 4.51. The van der Waals surface area contributed by atoms with Crippen LogP contribution in [0.4, 0.5) is 0 Å². The van der Waals surface area contributed by atoms with Crippen LogP contribution in [0.2, 0.25) is 0 Å². The van der Waals surface area contributed by atoms with Gasteiger partial charge in [-0.3, -0.25) is 0 Å². The molecule has 0 spiro atoms. The number of aliphatic hydroxyl groups is 2. The van der Waals surface area contributed by atoms with E-state index in [1.165, 1.54) is 0 Å². The van der Waals surface area contributed by atoms with E-state index in [0.717, 1.165) is 19.3 Å². The molecule has 0 aromatic heterocycles. The molecule has 2 atom stereocenters. The van der Waals surface area contributed by atoms with Gasteiger partial charge in [-0.25, -0.2) is 0 Å². The van der Waals surface area contributed by atoms with E-state index < -0.39 is 0 Å². The lowest BCUT2D eigenvalue weighted by Gasteiger charge is -2.16. The molecule has 2 nitrogen and oxygen atoms in total. The first kappa shape index (κ1) is 10.9. The molecule has 0 saturated heterocycles. The zero-order valence-electron chi connectivity index (χ0n) is 7.58. The topological polar surface area (TPSA) is 40.5 Å². The Labute approximate surface area is 69.2 Å². The van der Waals surface area contributed by atoms with Crippen molar-refractivity contribution in [3.8, 4) is 0 Å². The van der Waals surface area contributed by atoms with Gasteiger partial charge in [0.1, 0.15) is 0 Å². The fourth-order valence-corrected chi connectivity index (χ4v) is 1.09. The molecule has 0 aromatic rings. The van der Waals surface area contributed by atoms with E-state index in [-0.39, 0.29) is 18.6 Å². The lowest BCUT2D eigenvalue weighted by atomic mass is 9.97. The minimum absolute atomic E-state index is 0.185. The van der Waals surface area contributed by atoms with Crippen LogP contribution in [-0.4, -0.2) is 22.9 Å². The van der Waals surface area contributed by atoms with Crippen LogP contribution in [0.5, 0.6) is 0 Å². The molecule has 0 aliphatic heterocycles. The highest BCUT2D eigenvalue weighted by Crippen LogP contribution is 2.13. The summed E-state index contributed by atoms with van der Waals surface area (Å²) in [5, 5.41) is 18.1. The van der Waals surface area contributed by atoms with Crippen LogP contribution in [0, 0.1) is 5.92 Å². The van der Waals surface area contributed by atoms with Gasteiger partial charge in [-0.15, -0.1) is 0 Å². The minimum atomic E-state index is -0.220. The Hall–Kier alpha value is -0.0800. The lowest BCUT2D eigenvalue weighted by Crippen LogP contribution is -2.18. The molecule has 0 amide bonds. The molecule has 68 valence electrons. The predicted molar refractivity (Wildman–Crippen MR) is 46.4 cm³/mol. The van der Waals surface area contributed by atoms with E-state index in [9.17, 15) is 5.11 Å². The standard InChI is InChI=1S/C9H20O2/c1-3-4-5-9(11)8(2)6-7-10/h8-11H,3-7H2,1-2H3/t8-,9-/m1/s1. The molecule has 0 heterocycles. The summed E-state index contributed by atoms with van der Waals surface area (Å²) in [6.45, 7) is 4.28. The molecule has 0 rings (SSSR count). The molecule has 0 fully saturated rings. The Balaban J connectivity index is 3.38. The number of aliphatic hydroxyl groups excluding tert-OH is 2. The second kappa shape index (κ2) is 6.62. The van der Waals surface area contributed by atoms with Gasteiger partial charge in [0, 0.05) is 6.61 Å². The van der Waals surface area contributed by atoms with Crippen molar-refractivity contribution in [1.29, 1.82) is 0 Å². The average molecular weight is 160 g/mol. The van der Waals surface area contributed by atoms with Crippen molar-refractivity contribution in [3.05, 3.63) is 0 Å². The van der Waals surface area contributed by atoms with Crippen molar-refractivity contribution < 1.29 is 10.2 Å². The van der Waals surface area contributed by atoms with E-state index in [1.807, 2.05) is 6.92 Å². The summed E-state index contributed by atoms with van der Waals surface area (Å²) in [5.74, 6) is 0.242. The zero-order chi connectivity index (χ0) is 8.69. The Kier molecular flexibility index (Phi) is 6.57. The smallest absolute Gasteiger partial charge is 0.0566 e. The Bertz CT molecular complexity index is 83.6. The van der Waals surface area contributed by atoms with Gasteiger partial charge < -0.3 is 10.2 Å². The number of rotatable bonds is 6. The van der Waals surface area contributed by atoms with Gasteiger partial charge in [-0.1, -0.05) is 26.7 Å². The molecule has 0 unspecified atom stereocenters. The van der Waals surface area contributed by atoms with E-state index in [1.54, 1.807) is 0 Å². The fraction of sp³-hybridized carbons (Fsp3) is 1.00. The molecule has 2 heteroatoms. The second-order valence-electron chi connectivity index (χ2n) is 3.20. The van der Waals surface area contributed by atoms with Crippen molar-refractivity contribution in [2.45, 2.75) is 45.6 Å². The van der Waals surface area contributed by atoms with Crippen LogP contribution in [-0.2, 0) is 0 Å². The maximum atomic E-state index is 9.47. The van der Waals surface area contributed by atoms with E-state index in [2.05, 4.69) is 6.92 Å². The summed E-state index contributed by atoms with van der Waals surface area (Å²) in [4.78, 5) is 0. The van der Waals surface area contributed by atoms with Gasteiger partial charge in [0.05, 0.1) is 6.10 Å². The van der Waals surface area contributed by atoms with Gasteiger partial charge in [-0.05, 0) is 18.8 Å². The van der Waals surface area contributed by atoms with Crippen LogP contribution in [0.15, 0.2) is 0 Å². The Morgan fingerprint density at radius 2 is 1.91 bits per heavy atom. The van der Waals surface area contributed by atoms with Crippen molar-refractivity contribution in [3.63, 3.8) is 0 Å². The SMILES string of the molecule is CCCC[C@@H](O)[C@H](C)CCO. The lowest BCUT2D eigenvalue weighted by molar-refractivity contribution is 0.0889. The van der Waals surface area contributed by atoms with Gasteiger partial charge in [-0.2, -0.15) is 0 Å². The number of hydrogen-bond acceptors (Lipinski definition) is 2. The molecule has 0 aliphatic rings. The highest BCUT2D eigenvalue weighted by Gasteiger charge is 2.11. The van der Waals surface area contributed by atoms with Crippen molar-refractivity contribution in [1.82, 2.24) is 0 Å². The molecule has 0 aliphatic carbocycles. The monoisotopic (exact) mass is 160 g/mol. The summed E-state index contributed by atoms with van der Waals surface area (Å²) in [5.41, 5.74) is 0. The Morgan fingerprint density at radius 3 is 2.36 bits per heavy atom. The maximum Gasteiger partial charge on any atom is 0.0566 e. The zero-order valence-corrected chi connectivity index (χ0v) is 7.58. The first-order chi connectivity index (χ1) is 5.22. The highest BCUT2D eigenvalue weighted by molar-refractivity contribution is 4.63. The van der Waals surface area contributed by atoms with Crippen LogP contribution in [0.25, 0.3) is 0 Å². The molecule has 11 heavy (non-hydrogen) atoms. The molecule has 0 aromatic carbocycles. The predicted octanol–water partition coefficient (Wildman–Crippen LogP) is 1.56. The van der Waals surface area contributed by atoms with Crippen LogP contribution >= 0.6 is 0 Å². The van der Waals surface area contributed by atoms with Crippen molar-refractivity contribution in [2.75, 3.05) is 6.61 Å². The van der Waals surface area contributed by atoms with Crippen LogP contribution in [0.1, 0.15) is 39.5 Å². The largest absolute Gasteiger partial charge is 0.396 e. The third-order valence-electron chi connectivity index (χ3n) is 2.09. The normalized spacial score (nSPS) is 16.4. The maximum absolute atomic E-state index is 9.47. The summed E-state index contributed by atoms with van der Waals surface area (Å²) < 4.78 is 0. The summed E-state index contributed by atoms with van der Waals surface area (Å²) in [6.07, 6.45) is 3.57. The van der Waals surface area contributed by atoms with Gasteiger partial charge in [0.2, 0.25) is 0 Å². The second-order valence-corrected chi connectivity index (χ2v) is 3.20. The van der Waals surface area contributed by atoms with Crippen molar-refractivity contribution >= 4 is 0 Å². The summed E-state index contributed by atoms with van der Waals surface area (Å²) >= 11 is 0. The average Bonchev–Trinajstić information content (AvgIpc) is 2.00. The summed E-state index contributed by atoms with van der Waals surface area (Å²) in [7, 11) is 0. The number of hydrogen-bond donors (Lipinski definition) is 2. The van der Waals surface area contributed by atoms with Crippen LogP contribution < -0.4 is 0 Å². The molecule has 2 N–H and O–H groups in total. The number of unbranched alkanes of at least 4 members (excludes halogenated alkanes) is 1. The molecule has 0 bridgehead atoms. The van der Waals surface area contributed by atoms with Gasteiger partial charge in [0.25, 0.3) is 0 Å². The molecule has 0 saturated carbocycles. The van der Waals surface area contributed by atoms with Crippen LogP contribution in [0.3, 0.4) is 0 Å². The summed E-state index contributed by atoms with van der Waals surface area (Å²) in [6, 6.07) is 0. The Morgan fingerprint density at radius 1 is 1.27 bits per heavy atom. The van der Waals surface area contributed by atoms with E-state index in [4.69, 9.17) is 5.11 Å². The molecular weight excluding hydrogens is 140 g/mol. The molecule has 0 radical (unpaired) electrons. The first-order valence-electron chi connectivity index (χ1n) is 4.51. The third-order valence-corrected chi connectivity index (χ3v) is 2.09. The van der Waals surface area contributed by atoms with Crippen molar-refractivity contribution in [2.24, 2.45) is 5.92 Å². The van der Waals surface area contributed by atoms with Gasteiger partial charge in [0.15, 0.2) is 0 Å². The fourth-order valence-electron chi connectivity index (χ4n) is 1.09. The minimum Gasteiger partial charge on any atom is -0.396 e. The van der Waals surface area contributed by atoms with E-state index in [0.29, 0.717) is 6.42 Å². The molecular formula is C9H20O2. The third kappa shape index (κ3) is 5.22. The van der Waals surface area contributed by atoms with E-state index >= 15 is 0 Å².